The normalized spacial score (nSPS) is 16.5. The maximum atomic E-state index is 12.5. The molecule has 2 amide bonds. The smallest absolute Gasteiger partial charge is 0.273 e. The lowest BCUT2D eigenvalue weighted by molar-refractivity contribution is -0.385. The van der Waals surface area contributed by atoms with Gasteiger partial charge in [0.05, 0.1) is 24.6 Å². The van der Waals surface area contributed by atoms with Crippen molar-refractivity contribution < 1.29 is 19.2 Å². The maximum Gasteiger partial charge on any atom is 0.273 e. The summed E-state index contributed by atoms with van der Waals surface area (Å²) < 4.78 is 5.74. The number of hydrogen-bond acceptors (Lipinski definition) is 5. The number of nitro benzene ring substituents is 1. The Bertz CT molecular complexity index is 885. The van der Waals surface area contributed by atoms with Crippen molar-refractivity contribution in [1.29, 1.82) is 0 Å². The topological polar surface area (TPSA) is 102 Å². The van der Waals surface area contributed by atoms with E-state index in [1.165, 1.54) is 18.2 Å². The molecule has 1 atom stereocenters. The molecule has 0 aromatic heterocycles. The summed E-state index contributed by atoms with van der Waals surface area (Å²) in [6.45, 7) is 2.71. The van der Waals surface area contributed by atoms with Crippen LogP contribution >= 0.6 is 0 Å². The van der Waals surface area contributed by atoms with Gasteiger partial charge in [-0.05, 0) is 18.6 Å². The first-order chi connectivity index (χ1) is 13.5. The summed E-state index contributed by atoms with van der Waals surface area (Å²) in [6.07, 6.45) is -0.200. The molecule has 0 saturated carbocycles. The number of hydrogen-bond donors (Lipinski definition) is 1. The monoisotopic (exact) mass is 383 g/mol. The Morgan fingerprint density at radius 2 is 2.00 bits per heavy atom. The van der Waals surface area contributed by atoms with Crippen LogP contribution in [-0.4, -0.2) is 47.9 Å². The SMILES string of the molecule is Cc1ccc(C(=O)NCC(=O)N2CCOC(c3ccccc3)C2)cc1[N+](=O)[O-]. The molecule has 1 saturated heterocycles. The van der Waals surface area contributed by atoms with Crippen LogP contribution in [0.3, 0.4) is 0 Å². The minimum absolute atomic E-state index is 0.127. The van der Waals surface area contributed by atoms with Gasteiger partial charge in [0.2, 0.25) is 5.91 Å². The molecule has 1 heterocycles. The Hall–Kier alpha value is -3.26. The number of nitrogens with one attached hydrogen (secondary N) is 1. The van der Waals surface area contributed by atoms with E-state index in [1.807, 2.05) is 30.3 Å². The van der Waals surface area contributed by atoms with Crippen molar-refractivity contribution in [1.82, 2.24) is 10.2 Å². The quantitative estimate of drug-likeness (QED) is 0.630. The first kappa shape index (κ1) is 19.5. The van der Waals surface area contributed by atoms with Gasteiger partial charge in [0.1, 0.15) is 6.10 Å². The van der Waals surface area contributed by atoms with Crippen molar-refractivity contribution >= 4 is 17.5 Å². The number of ether oxygens (including phenoxy) is 1. The van der Waals surface area contributed by atoms with Crippen LogP contribution in [0.1, 0.15) is 27.6 Å². The lowest BCUT2D eigenvalue weighted by Gasteiger charge is -2.33. The van der Waals surface area contributed by atoms with Gasteiger partial charge in [0.25, 0.3) is 11.6 Å². The summed E-state index contributed by atoms with van der Waals surface area (Å²) >= 11 is 0. The number of carbonyl (C=O) groups is 2. The third-order valence-corrected chi connectivity index (χ3v) is 4.66. The number of amides is 2. The van der Waals surface area contributed by atoms with Gasteiger partial charge in [-0.3, -0.25) is 19.7 Å². The first-order valence-electron chi connectivity index (χ1n) is 8.93. The number of nitrogens with zero attached hydrogens (tertiary/aromatic N) is 2. The van der Waals surface area contributed by atoms with Crippen molar-refractivity contribution in [3.63, 3.8) is 0 Å². The third kappa shape index (κ3) is 4.52. The molecule has 1 unspecified atom stereocenters. The van der Waals surface area contributed by atoms with E-state index in [1.54, 1.807) is 11.8 Å². The second-order valence-electron chi connectivity index (χ2n) is 6.55. The Kier molecular flexibility index (Phi) is 6.00. The minimum Gasteiger partial charge on any atom is -0.370 e. The highest BCUT2D eigenvalue weighted by molar-refractivity contribution is 5.97. The standard InChI is InChI=1S/C20H21N3O5/c1-14-7-8-16(11-17(14)23(26)27)20(25)21-12-19(24)22-9-10-28-18(13-22)15-5-3-2-4-6-15/h2-8,11,18H,9-10,12-13H2,1H3,(H,21,25). The van der Waals surface area contributed by atoms with Gasteiger partial charge in [-0.25, -0.2) is 0 Å². The molecule has 0 spiro atoms. The number of aryl methyl sites for hydroxylation is 1. The highest BCUT2D eigenvalue weighted by atomic mass is 16.6. The van der Waals surface area contributed by atoms with Crippen LogP contribution in [0.25, 0.3) is 0 Å². The Morgan fingerprint density at radius 3 is 2.71 bits per heavy atom. The average Bonchev–Trinajstić information content (AvgIpc) is 2.72. The van der Waals surface area contributed by atoms with Crippen molar-refractivity contribution in [2.75, 3.05) is 26.2 Å². The third-order valence-electron chi connectivity index (χ3n) is 4.66. The number of benzene rings is 2. The molecule has 8 heteroatoms. The largest absolute Gasteiger partial charge is 0.370 e. The molecule has 0 bridgehead atoms. The van der Waals surface area contributed by atoms with Crippen molar-refractivity contribution in [2.24, 2.45) is 0 Å². The van der Waals surface area contributed by atoms with Gasteiger partial charge in [0.15, 0.2) is 0 Å². The molecule has 1 fully saturated rings. The van der Waals surface area contributed by atoms with Crippen LogP contribution < -0.4 is 5.32 Å². The van der Waals surface area contributed by atoms with E-state index >= 15 is 0 Å². The fourth-order valence-corrected chi connectivity index (χ4v) is 3.06. The van der Waals surface area contributed by atoms with Gasteiger partial charge in [0, 0.05) is 23.7 Å². The van der Waals surface area contributed by atoms with Crippen molar-refractivity contribution in [3.8, 4) is 0 Å². The lowest BCUT2D eigenvalue weighted by atomic mass is 10.1. The summed E-state index contributed by atoms with van der Waals surface area (Å²) in [4.78, 5) is 36.9. The van der Waals surface area contributed by atoms with E-state index < -0.39 is 10.8 Å². The van der Waals surface area contributed by atoms with Crippen molar-refractivity contribution in [2.45, 2.75) is 13.0 Å². The fourth-order valence-electron chi connectivity index (χ4n) is 3.06. The zero-order chi connectivity index (χ0) is 20.1. The van der Waals surface area contributed by atoms with Gasteiger partial charge >= 0.3 is 0 Å². The van der Waals surface area contributed by atoms with Crippen LogP contribution in [0, 0.1) is 17.0 Å². The highest BCUT2D eigenvalue weighted by Gasteiger charge is 2.25. The number of rotatable bonds is 5. The van der Waals surface area contributed by atoms with Gasteiger partial charge in [-0.2, -0.15) is 0 Å². The molecule has 2 aromatic rings. The van der Waals surface area contributed by atoms with E-state index in [0.717, 1.165) is 5.56 Å². The molecular formula is C20H21N3O5. The second kappa shape index (κ2) is 8.62. The first-order valence-corrected chi connectivity index (χ1v) is 8.93. The molecule has 0 aliphatic carbocycles. The molecule has 146 valence electrons. The maximum absolute atomic E-state index is 12.5. The molecular weight excluding hydrogens is 362 g/mol. The Morgan fingerprint density at radius 1 is 1.25 bits per heavy atom. The molecule has 3 rings (SSSR count). The molecule has 2 aromatic carbocycles. The van der Waals surface area contributed by atoms with Gasteiger partial charge in [-0.1, -0.05) is 36.4 Å². The molecule has 1 aliphatic heterocycles. The second-order valence-corrected chi connectivity index (χ2v) is 6.55. The van der Waals surface area contributed by atoms with Crippen LogP contribution in [0.15, 0.2) is 48.5 Å². The molecule has 28 heavy (non-hydrogen) atoms. The number of nitro groups is 1. The van der Waals surface area contributed by atoms with Crippen LogP contribution in [0.2, 0.25) is 0 Å². The Balaban J connectivity index is 1.58. The zero-order valence-corrected chi connectivity index (χ0v) is 15.5. The highest BCUT2D eigenvalue weighted by Crippen LogP contribution is 2.22. The van der Waals surface area contributed by atoms with Crippen LogP contribution in [0.5, 0.6) is 0 Å². The number of morpholine rings is 1. The molecule has 0 radical (unpaired) electrons. The van der Waals surface area contributed by atoms with Gasteiger partial charge in [-0.15, -0.1) is 0 Å². The average molecular weight is 383 g/mol. The van der Waals surface area contributed by atoms with Crippen LogP contribution in [-0.2, 0) is 9.53 Å². The Labute approximate surface area is 162 Å². The predicted molar refractivity (Wildman–Crippen MR) is 102 cm³/mol. The number of carbonyl (C=O) groups excluding carboxylic acids is 2. The van der Waals surface area contributed by atoms with Crippen molar-refractivity contribution in [3.05, 3.63) is 75.3 Å². The van der Waals surface area contributed by atoms with E-state index in [2.05, 4.69) is 5.32 Å². The van der Waals surface area contributed by atoms with E-state index in [0.29, 0.717) is 25.3 Å². The van der Waals surface area contributed by atoms with Gasteiger partial charge < -0.3 is 15.0 Å². The van der Waals surface area contributed by atoms with Crippen LogP contribution in [0.4, 0.5) is 5.69 Å². The summed E-state index contributed by atoms with van der Waals surface area (Å²) in [5, 5.41) is 13.6. The predicted octanol–water partition coefficient (Wildman–Crippen LogP) is 2.23. The van der Waals surface area contributed by atoms with E-state index in [-0.39, 0.29) is 29.8 Å². The fraction of sp³-hybridized carbons (Fsp3) is 0.300. The summed E-state index contributed by atoms with van der Waals surface area (Å²) in [5.41, 5.74) is 1.49. The summed E-state index contributed by atoms with van der Waals surface area (Å²) in [6, 6.07) is 13.9. The molecule has 1 aliphatic rings. The summed E-state index contributed by atoms with van der Waals surface area (Å²) in [7, 11) is 0. The lowest BCUT2D eigenvalue weighted by Crippen LogP contribution is -2.46. The zero-order valence-electron chi connectivity index (χ0n) is 15.5. The molecule has 1 N–H and O–H groups in total. The van der Waals surface area contributed by atoms with E-state index in [4.69, 9.17) is 4.74 Å². The van der Waals surface area contributed by atoms with E-state index in [9.17, 15) is 19.7 Å². The minimum atomic E-state index is -0.533. The summed E-state index contributed by atoms with van der Waals surface area (Å²) in [5.74, 6) is -0.747. The molecule has 8 nitrogen and oxygen atoms in total.